The van der Waals surface area contributed by atoms with Crippen LogP contribution in [0.3, 0.4) is 0 Å². The van der Waals surface area contributed by atoms with Gasteiger partial charge in [-0.05, 0) is 48.6 Å². The second kappa shape index (κ2) is 8.60. The first-order valence-corrected chi connectivity index (χ1v) is 12.5. The van der Waals surface area contributed by atoms with Gasteiger partial charge in [-0.15, -0.1) is 0 Å². The predicted octanol–water partition coefficient (Wildman–Crippen LogP) is 2.45. The van der Waals surface area contributed by atoms with Crippen LogP contribution in [0.2, 0.25) is 0 Å². The molecule has 6 atom stereocenters. The molecule has 3 fully saturated rings. The van der Waals surface area contributed by atoms with Crippen molar-refractivity contribution >= 4 is 34.2 Å². The number of fused-ring (bicyclic) bond motifs is 2. The van der Waals surface area contributed by atoms with Crippen molar-refractivity contribution in [2.24, 2.45) is 11.8 Å². The van der Waals surface area contributed by atoms with Crippen LogP contribution in [0.25, 0.3) is 10.8 Å². The van der Waals surface area contributed by atoms with Crippen LogP contribution in [-0.4, -0.2) is 64.7 Å². The van der Waals surface area contributed by atoms with Crippen molar-refractivity contribution < 1.29 is 24.2 Å². The molecule has 3 N–H and O–H groups in total. The smallest absolute Gasteiger partial charge is 0.250 e. The number of hydrogen-bond acceptors (Lipinski definition) is 5. The maximum Gasteiger partial charge on any atom is 0.250 e. The summed E-state index contributed by atoms with van der Waals surface area (Å²) in [7, 11) is 1.56. The average Bonchev–Trinajstić information content (AvgIpc) is 3.48. The van der Waals surface area contributed by atoms with Gasteiger partial charge in [-0.25, -0.2) is 0 Å². The maximum atomic E-state index is 13.9. The van der Waals surface area contributed by atoms with Crippen LogP contribution in [-0.2, 0) is 19.1 Å². The molecule has 8 heteroatoms. The lowest BCUT2D eigenvalue weighted by Gasteiger charge is -2.37. The minimum atomic E-state index is -1.10. The molecular formula is C27H33N3O5. The largest absolute Gasteiger partial charge is 0.394 e. The highest BCUT2D eigenvalue weighted by molar-refractivity contribution is 6.04. The highest BCUT2D eigenvalue weighted by atomic mass is 16.5. The Balaban J connectivity index is 1.57. The lowest BCUT2D eigenvalue weighted by atomic mass is 9.65. The molecule has 186 valence electrons. The fourth-order valence-corrected chi connectivity index (χ4v) is 6.79. The molecule has 3 aliphatic heterocycles. The van der Waals surface area contributed by atoms with Crippen molar-refractivity contribution in [3.63, 3.8) is 0 Å². The number of anilines is 1. The van der Waals surface area contributed by atoms with Gasteiger partial charge < -0.3 is 25.4 Å². The first-order valence-electron chi connectivity index (χ1n) is 12.5. The molecule has 3 saturated heterocycles. The predicted molar refractivity (Wildman–Crippen MR) is 131 cm³/mol. The zero-order valence-electron chi connectivity index (χ0n) is 20.4. The Morgan fingerprint density at radius 3 is 2.54 bits per heavy atom. The van der Waals surface area contributed by atoms with E-state index in [0.29, 0.717) is 31.4 Å². The third kappa shape index (κ3) is 3.30. The van der Waals surface area contributed by atoms with E-state index in [1.165, 1.54) is 4.90 Å². The van der Waals surface area contributed by atoms with E-state index >= 15 is 0 Å². The molecule has 35 heavy (non-hydrogen) atoms. The molecule has 1 spiro atoms. The zero-order valence-corrected chi connectivity index (χ0v) is 20.4. The highest BCUT2D eigenvalue weighted by Crippen LogP contribution is 2.64. The number of amides is 3. The van der Waals surface area contributed by atoms with Crippen LogP contribution in [0.15, 0.2) is 42.5 Å². The molecule has 3 amide bonds. The molecule has 0 radical (unpaired) electrons. The van der Waals surface area contributed by atoms with Gasteiger partial charge in [-0.3, -0.25) is 14.4 Å². The summed E-state index contributed by atoms with van der Waals surface area (Å²) in [4.78, 5) is 42.4. The molecule has 2 bridgehead atoms. The van der Waals surface area contributed by atoms with Gasteiger partial charge in [-0.1, -0.05) is 44.2 Å². The normalized spacial score (nSPS) is 32.1. The van der Waals surface area contributed by atoms with Gasteiger partial charge in [-0.2, -0.15) is 0 Å². The Bertz CT molecular complexity index is 1180. The lowest BCUT2D eigenvalue weighted by Crippen LogP contribution is -2.56. The second-order valence-electron chi connectivity index (χ2n) is 9.99. The molecule has 0 aromatic heterocycles. The van der Waals surface area contributed by atoms with Crippen LogP contribution in [0.4, 0.5) is 5.69 Å². The standard InChI is InChI=1S/C27H33N3O5/c1-4-19(15-31)30-22(24(33)29-18-11-10-16-8-6-7-9-17(16)14-18)27-13-12-26(5-2,35-27)20(23(32)28-3)21(27)25(30)34/h6-11,14,19-22,31H,4-5,12-13,15H2,1-3H3,(H,28,32)(H,29,33)/t19-,20+,21-,22?,26-,27?/m0/s1. The second-order valence-corrected chi connectivity index (χ2v) is 9.99. The summed E-state index contributed by atoms with van der Waals surface area (Å²) < 4.78 is 6.67. The van der Waals surface area contributed by atoms with E-state index in [4.69, 9.17) is 4.74 Å². The third-order valence-electron chi connectivity index (χ3n) is 8.49. The number of aliphatic hydroxyl groups is 1. The number of hydrogen-bond donors (Lipinski definition) is 3. The molecule has 2 unspecified atom stereocenters. The quantitative estimate of drug-likeness (QED) is 0.565. The molecule has 2 aromatic rings. The molecule has 0 aliphatic carbocycles. The van der Waals surface area contributed by atoms with E-state index < -0.39 is 35.1 Å². The van der Waals surface area contributed by atoms with Crippen LogP contribution < -0.4 is 10.6 Å². The summed E-state index contributed by atoms with van der Waals surface area (Å²) in [6.07, 6.45) is 2.18. The summed E-state index contributed by atoms with van der Waals surface area (Å²) in [5.41, 5.74) is -1.25. The van der Waals surface area contributed by atoms with Gasteiger partial charge in [0.1, 0.15) is 11.6 Å². The maximum absolute atomic E-state index is 13.9. The Morgan fingerprint density at radius 1 is 1.14 bits per heavy atom. The molecular weight excluding hydrogens is 446 g/mol. The number of aliphatic hydroxyl groups excluding tert-OH is 1. The summed E-state index contributed by atoms with van der Waals surface area (Å²) in [5.74, 6) is -2.31. The molecule has 3 aliphatic rings. The number of ether oxygens (including phenoxy) is 1. The van der Waals surface area contributed by atoms with E-state index in [2.05, 4.69) is 10.6 Å². The summed E-state index contributed by atoms with van der Waals surface area (Å²) in [6, 6.07) is 12.1. The van der Waals surface area contributed by atoms with E-state index in [9.17, 15) is 19.5 Å². The fourth-order valence-electron chi connectivity index (χ4n) is 6.79. The minimum absolute atomic E-state index is 0.237. The summed E-state index contributed by atoms with van der Waals surface area (Å²) in [5, 5.41) is 17.9. The summed E-state index contributed by atoms with van der Waals surface area (Å²) in [6.45, 7) is 3.57. The highest BCUT2D eigenvalue weighted by Gasteiger charge is 2.79. The minimum Gasteiger partial charge on any atom is -0.394 e. The lowest BCUT2D eigenvalue weighted by molar-refractivity contribution is -0.149. The Morgan fingerprint density at radius 2 is 1.89 bits per heavy atom. The SMILES string of the molecule is CC[C@@H](CO)N1C(=O)[C@@H]2[C@H](C(=O)NC)[C@]3(CC)CCC2(O3)C1C(=O)Nc1ccc2ccccc2c1. The van der Waals surface area contributed by atoms with Crippen LogP contribution in [0.1, 0.15) is 39.5 Å². The zero-order chi connectivity index (χ0) is 25.0. The van der Waals surface area contributed by atoms with Gasteiger partial charge in [0.2, 0.25) is 17.7 Å². The first kappa shape index (κ1) is 23.8. The molecule has 3 heterocycles. The number of nitrogens with one attached hydrogen (secondary N) is 2. The molecule has 0 saturated carbocycles. The molecule has 2 aromatic carbocycles. The van der Waals surface area contributed by atoms with Gasteiger partial charge >= 0.3 is 0 Å². The van der Waals surface area contributed by atoms with Crippen LogP contribution >= 0.6 is 0 Å². The third-order valence-corrected chi connectivity index (χ3v) is 8.49. The van der Waals surface area contributed by atoms with Crippen LogP contribution in [0.5, 0.6) is 0 Å². The number of likely N-dealkylation sites (tertiary alicyclic amines) is 1. The average molecular weight is 480 g/mol. The van der Waals surface area contributed by atoms with Crippen molar-refractivity contribution in [2.75, 3.05) is 19.0 Å². The topological polar surface area (TPSA) is 108 Å². The van der Waals surface area contributed by atoms with Gasteiger partial charge in [0.15, 0.2) is 0 Å². The number of rotatable bonds is 7. The monoisotopic (exact) mass is 479 g/mol. The van der Waals surface area contributed by atoms with Crippen molar-refractivity contribution in [3.05, 3.63) is 42.5 Å². The Hall–Kier alpha value is -2.97. The Kier molecular flexibility index (Phi) is 5.84. The van der Waals surface area contributed by atoms with E-state index in [1.807, 2.05) is 56.3 Å². The van der Waals surface area contributed by atoms with E-state index in [1.54, 1.807) is 7.05 Å². The number of carbonyl (C=O) groups is 3. The van der Waals surface area contributed by atoms with Gasteiger partial charge in [0.05, 0.1) is 30.1 Å². The molecule has 5 rings (SSSR count). The van der Waals surface area contributed by atoms with E-state index in [-0.39, 0.29) is 24.3 Å². The number of benzene rings is 2. The van der Waals surface area contributed by atoms with E-state index in [0.717, 1.165) is 10.8 Å². The summed E-state index contributed by atoms with van der Waals surface area (Å²) >= 11 is 0. The first-order chi connectivity index (χ1) is 16.9. The van der Waals surface area contributed by atoms with Gasteiger partial charge in [0.25, 0.3) is 0 Å². The Labute approximate surface area is 205 Å². The fraction of sp³-hybridized carbons (Fsp3) is 0.519. The van der Waals surface area contributed by atoms with Crippen molar-refractivity contribution in [2.45, 2.75) is 62.8 Å². The van der Waals surface area contributed by atoms with Crippen molar-refractivity contribution in [3.8, 4) is 0 Å². The number of carbonyl (C=O) groups excluding carboxylic acids is 3. The van der Waals surface area contributed by atoms with Crippen molar-refractivity contribution in [1.82, 2.24) is 10.2 Å². The van der Waals surface area contributed by atoms with Crippen molar-refractivity contribution in [1.29, 1.82) is 0 Å². The van der Waals surface area contributed by atoms with Crippen LogP contribution in [0, 0.1) is 11.8 Å². The molecule has 8 nitrogen and oxygen atoms in total. The number of nitrogens with zero attached hydrogens (tertiary/aromatic N) is 1. The van der Waals surface area contributed by atoms with Gasteiger partial charge in [0, 0.05) is 12.7 Å².